The van der Waals surface area contributed by atoms with E-state index in [1.54, 1.807) is 22.9 Å². The first-order chi connectivity index (χ1) is 10.1. The van der Waals surface area contributed by atoms with Gasteiger partial charge in [-0.15, -0.1) is 0 Å². The van der Waals surface area contributed by atoms with E-state index < -0.39 is 0 Å². The first-order valence-electron chi connectivity index (χ1n) is 8.02. The molecule has 0 aliphatic carbocycles. The summed E-state index contributed by atoms with van der Waals surface area (Å²) in [5.41, 5.74) is -0.0598. The lowest BCUT2D eigenvalue weighted by Crippen LogP contribution is -2.27. The topological polar surface area (TPSA) is 51.1 Å². The lowest BCUT2D eigenvalue weighted by molar-refractivity contribution is -0.121. The Morgan fingerprint density at radius 1 is 1.19 bits per heavy atom. The van der Waals surface area contributed by atoms with Crippen molar-refractivity contribution in [2.24, 2.45) is 5.92 Å². The highest BCUT2D eigenvalue weighted by atomic mass is 16.1. The number of rotatable bonds is 10. The minimum Gasteiger partial charge on any atom is -0.356 e. The average molecular weight is 292 g/mol. The Balaban J connectivity index is 2.04. The van der Waals surface area contributed by atoms with Gasteiger partial charge in [0.15, 0.2) is 0 Å². The zero-order chi connectivity index (χ0) is 15.5. The van der Waals surface area contributed by atoms with Gasteiger partial charge in [-0.3, -0.25) is 9.59 Å². The highest BCUT2D eigenvalue weighted by Crippen LogP contribution is 2.08. The van der Waals surface area contributed by atoms with E-state index in [1.807, 2.05) is 0 Å². The monoisotopic (exact) mass is 292 g/mol. The molecule has 21 heavy (non-hydrogen) atoms. The Morgan fingerprint density at radius 2 is 1.95 bits per heavy atom. The van der Waals surface area contributed by atoms with E-state index in [0.717, 1.165) is 18.9 Å². The van der Waals surface area contributed by atoms with Crippen LogP contribution in [-0.2, 0) is 11.3 Å². The van der Waals surface area contributed by atoms with Crippen molar-refractivity contribution in [2.45, 2.75) is 58.9 Å². The minimum absolute atomic E-state index is 0.0212. The molecule has 0 saturated heterocycles. The van der Waals surface area contributed by atoms with E-state index >= 15 is 0 Å². The van der Waals surface area contributed by atoms with Gasteiger partial charge in [0.05, 0.1) is 0 Å². The van der Waals surface area contributed by atoms with Crippen molar-refractivity contribution in [3.8, 4) is 0 Å². The van der Waals surface area contributed by atoms with Crippen molar-refractivity contribution >= 4 is 5.91 Å². The molecule has 1 aromatic heterocycles. The van der Waals surface area contributed by atoms with Gasteiger partial charge in [-0.05, 0) is 18.4 Å². The lowest BCUT2D eigenvalue weighted by atomic mass is 10.0. The van der Waals surface area contributed by atoms with Crippen LogP contribution in [0, 0.1) is 5.92 Å². The summed E-state index contributed by atoms with van der Waals surface area (Å²) in [6.07, 6.45) is 8.09. The third-order valence-corrected chi connectivity index (χ3v) is 3.51. The minimum atomic E-state index is -0.0598. The van der Waals surface area contributed by atoms with Crippen molar-refractivity contribution in [1.29, 1.82) is 0 Å². The van der Waals surface area contributed by atoms with E-state index in [4.69, 9.17) is 0 Å². The molecule has 0 saturated carbocycles. The summed E-state index contributed by atoms with van der Waals surface area (Å²) in [7, 11) is 0. The molecule has 1 N–H and O–H groups in total. The molecule has 1 rings (SSSR count). The molecule has 0 aliphatic heterocycles. The van der Waals surface area contributed by atoms with Crippen molar-refractivity contribution in [3.05, 3.63) is 34.7 Å². The number of carbonyl (C=O) groups is 1. The van der Waals surface area contributed by atoms with Crippen molar-refractivity contribution < 1.29 is 4.79 Å². The van der Waals surface area contributed by atoms with Gasteiger partial charge < -0.3 is 9.88 Å². The van der Waals surface area contributed by atoms with Gasteiger partial charge in [0.1, 0.15) is 0 Å². The second-order valence-corrected chi connectivity index (χ2v) is 5.93. The second kappa shape index (κ2) is 10.2. The summed E-state index contributed by atoms with van der Waals surface area (Å²) < 4.78 is 1.56. The van der Waals surface area contributed by atoms with Gasteiger partial charge in [0, 0.05) is 31.8 Å². The standard InChI is InChI=1S/C17H28N2O2/c1-15(2)9-5-3-4-7-12-18-16(20)11-14-19-13-8-6-10-17(19)21/h6,8,10,13,15H,3-5,7,9,11-12,14H2,1-2H3,(H,18,20). The van der Waals surface area contributed by atoms with Crippen LogP contribution in [0.5, 0.6) is 0 Å². The normalized spacial score (nSPS) is 10.8. The summed E-state index contributed by atoms with van der Waals surface area (Å²) in [5, 5.41) is 2.92. The predicted octanol–water partition coefficient (Wildman–Crippen LogP) is 2.96. The number of nitrogens with zero attached hydrogens (tertiary/aromatic N) is 1. The summed E-state index contributed by atoms with van der Waals surface area (Å²) in [6.45, 7) is 5.68. The van der Waals surface area contributed by atoms with Gasteiger partial charge in [0.2, 0.25) is 5.91 Å². The van der Waals surface area contributed by atoms with Crippen molar-refractivity contribution in [3.63, 3.8) is 0 Å². The Hall–Kier alpha value is -1.58. The van der Waals surface area contributed by atoms with E-state index in [2.05, 4.69) is 19.2 Å². The van der Waals surface area contributed by atoms with Crippen molar-refractivity contribution in [1.82, 2.24) is 9.88 Å². The molecule has 4 nitrogen and oxygen atoms in total. The fourth-order valence-corrected chi connectivity index (χ4v) is 2.21. The first-order valence-corrected chi connectivity index (χ1v) is 8.02. The number of pyridine rings is 1. The highest BCUT2D eigenvalue weighted by Gasteiger charge is 2.02. The van der Waals surface area contributed by atoms with E-state index in [1.165, 1.54) is 31.7 Å². The quantitative estimate of drug-likeness (QED) is 0.674. The molecule has 1 heterocycles. The van der Waals surface area contributed by atoms with Crippen LogP contribution >= 0.6 is 0 Å². The Morgan fingerprint density at radius 3 is 2.67 bits per heavy atom. The average Bonchev–Trinajstić information content (AvgIpc) is 2.45. The number of aryl methyl sites for hydroxylation is 1. The van der Waals surface area contributed by atoms with Crippen LogP contribution < -0.4 is 10.9 Å². The molecule has 0 radical (unpaired) electrons. The Kier molecular flexibility index (Phi) is 8.48. The molecule has 118 valence electrons. The van der Waals surface area contributed by atoms with E-state index in [-0.39, 0.29) is 11.5 Å². The lowest BCUT2D eigenvalue weighted by Gasteiger charge is -2.07. The maximum absolute atomic E-state index is 11.7. The van der Waals surface area contributed by atoms with Gasteiger partial charge in [-0.1, -0.05) is 45.6 Å². The number of hydrogen-bond acceptors (Lipinski definition) is 2. The van der Waals surface area contributed by atoms with Crippen LogP contribution in [0.4, 0.5) is 0 Å². The highest BCUT2D eigenvalue weighted by molar-refractivity contribution is 5.75. The smallest absolute Gasteiger partial charge is 0.250 e. The number of nitrogens with one attached hydrogen (secondary N) is 1. The maximum Gasteiger partial charge on any atom is 0.250 e. The molecule has 1 amide bonds. The number of unbranched alkanes of at least 4 members (excludes halogenated alkanes) is 3. The van der Waals surface area contributed by atoms with Gasteiger partial charge in [0.25, 0.3) is 5.56 Å². The SMILES string of the molecule is CC(C)CCCCCCNC(=O)CCn1ccccc1=O. The molecule has 1 aromatic rings. The molecule has 0 unspecified atom stereocenters. The van der Waals surface area contributed by atoms with Gasteiger partial charge in [-0.25, -0.2) is 0 Å². The molecular weight excluding hydrogens is 264 g/mol. The number of amides is 1. The van der Waals surface area contributed by atoms with Crippen LogP contribution in [0.25, 0.3) is 0 Å². The molecule has 0 atom stereocenters. The summed E-state index contributed by atoms with van der Waals surface area (Å²) >= 11 is 0. The van der Waals surface area contributed by atoms with Gasteiger partial charge >= 0.3 is 0 Å². The number of carbonyl (C=O) groups excluding carboxylic acids is 1. The van der Waals surface area contributed by atoms with Crippen LogP contribution in [0.15, 0.2) is 29.2 Å². The molecule has 4 heteroatoms. The van der Waals surface area contributed by atoms with Gasteiger partial charge in [-0.2, -0.15) is 0 Å². The first kappa shape index (κ1) is 17.5. The summed E-state index contributed by atoms with van der Waals surface area (Å²) in [5.74, 6) is 0.805. The zero-order valence-electron chi connectivity index (χ0n) is 13.3. The molecular formula is C17H28N2O2. The molecule has 0 aliphatic rings. The Bertz CT molecular complexity index is 466. The fourth-order valence-electron chi connectivity index (χ4n) is 2.21. The summed E-state index contributed by atoms with van der Waals surface area (Å²) in [4.78, 5) is 23.2. The molecule has 0 fully saturated rings. The fraction of sp³-hybridized carbons (Fsp3) is 0.647. The largest absolute Gasteiger partial charge is 0.356 e. The molecule has 0 spiro atoms. The molecule has 0 bridgehead atoms. The second-order valence-electron chi connectivity index (χ2n) is 5.93. The van der Waals surface area contributed by atoms with Crippen LogP contribution in [-0.4, -0.2) is 17.0 Å². The van der Waals surface area contributed by atoms with Crippen LogP contribution in [0.1, 0.15) is 52.4 Å². The van der Waals surface area contributed by atoms with Crippen molar-refractivity contribution in [2.75, 3.05) is 6.54 Å². The summed E-state index contributed by atoms with van der Waals surface area (Å²) in [6, 6.07) is 5.02. The molecule has 0 aromatic carbocycles. The number of aromatic nitrogens is 1. The predicted molar refractivity (Wildman–Crippen MR) is 86.3 cm³/mol. The van der Waals surface area contributed by atoms with Crippen LogP contribution in [0.3, 0.4) is 0 Å². The van der Waals surface area contributed by atoms with E-state index in [0.29, 0.717) is 13.0 Å². The van der Waals surface area contributed by atoms with Crippen LogP contribution in [0.2, 0.25) is 0 Å². The zero-order valence-corrected chi connectivity index (χ0v) is 13.3. The third kappa shape index (κ3) is 8.33. The van der Waals surface area contributed by atoms with E-state index in [9.17, 15) is 9.59 Å². The third-order valence-electron chi connectivity index (χ3n) is 3.51. The maximum atomic E-state index is 11.7. The number of hydrogen-bond donors (Lipinski definition) is 1. The Labute approximate surface area is 127 Å².